The smallest absolute Gasteiger partial charge is 0.261 e. The van der Waals surface area contributed by atoms with Crippen molar-refractivity contribution in [2.24, 2.45) is 0 Å². The van der Waals surface area contributed by atoms with Crippen molar-refractivity contribution < 1.29 is 13.2 Å². The Labute approximate surface area is 160 Å². The molecule has 0 spiro atoms. The molecule has 0 fully saturated rings. The van der Waals surface area contributed by atoms with Gasteiger partial charge in [0.1, 0.15) is 0 Å². The summed E-state index contributed by atoms with van der Waals surface area (Å²) in [6, 6.07) is 10.8. The molecular formula is C21H24N2O3S. The first-order chi connectivity index (χ1) is 12.8. The molecule has 0 aliphatic carbocycles. The maximum absolute atomic E-state index is 13.0. The van der Waals surface area contributed by atoms with E-state index in [9.17, 15) is 13.2 Å². The molecule has 0 aromatic heterocycles. The second-order valence-electron chi connectivity index (χ2n) is 7.72. The monoisotopic (exact) mass is 384 g/mol. The predicted molar refractivity (Wildman–Crippen MR) is 107 cm³/mol. The zero-order valence-corrected chi connectivity index (χ0v) is 16.6. The standard InChI is InChI=1S/C21H24N2O3S/c1-13(2)15-6-8-17(9-7-15)22-27(25,26)18-11-16-5-4-10-23-20(16)19(12-18)14(3)21(23)24/h6-9,11-14,22H,4-5,10H2,1-3H3. The highest BCUT2D eigenvalue weighted by Gasteiger charge is 2.38. The number of nitrogens with one attached hydrogen (secondary N) is 1. The Hall–Kier alpha value is -2.34. The molecule has 5 nitrogen and oxygen atoms in total. The Morgan fingerprint density at radius 3 is 2.52 bits per heavy atom. The Morgan fingerprint density at radius 1 is 1.15 bits per heavy atom. The predicted octanol–water partition coefficient (Wildman–Crippen LogP) is 4.01. The van der Waals surface area contributed by atoms with E-state index in [1.54, 1.807) is 24.3 Å². The van der Waals surface area contributed by atoms with E-state index in [1.165, 1.54) is 0 Å². The van der Waals surface area contributed by atoms with Crippen LogP contribution in [0.4, 0.5) is 11.4 Å². The summed E-state index contributed by atoms with van der Waals surface area (Å²) < 4.78 is 28.6. The van der Waals surface area contributed by atoms with Gasteiger partial charge in [0, 0.05) is 12.2 Å². The van der Waals surface area contributed by atoms with E-state index in [0.717, 1.165) is 41.8 Å². The first-order valence-electron chi connectivity index (χ1n) is 9.39. The third-order valence-corrected chi connectivity index (χ3v) is 6.89. The topological polar surface area (TPSA) is 66.5 Å². The minimum absolute atomic E-state index is 0.0673. The van der Waals surface area contributed by atoms with Gasteiger partial charge >= 0.3 is 0 Å². The minimum atomic E-state index is -3.71. The number of amides is 1. The Morgan fingerprint density at radius 2 is 1.85 bits per heavy atom. The van der Waals surface area contributed by atoms with Gasteiger partial charge in [-0.05, 0) is 66.6 Å². The van der Waals surface area contributed by atoms with Crippen LogP contribution in [0, 0.1) is 0 Å². The Kier molecular flexibility index (Phi) is 4.26. The van der Waals surface area contributed by atoms with Crippen LogP contribution in [-0.4, -0.2) is 20.9 Å². The van der Waals surface area contributed by atoms with Gasteiger partial charge in [-0.15, -0.1) is 0 Å². The van der Waals surface area contributed by atoms with Gasteiger partial charge in [-0.2, -0.15) is 0 Å². The molecule has 0 radical (unpaired) electrons. The van der Waals surface area contributed by atoms with Crippen molar-refractivity contribution in [2.75, 3.05) is 16.2 Å². The number of carbonyl (C=O) groups excluding carboxylic acids is 1. The van der Waals surface area contributed by atoms with Crippen molar-refractivity contribution >= 4 is 27.3 Å². The van der Waals surface area contributed by atoms with Crippen LogP contribution in [0.15, 0.2) is 41.3 Å². The van der Waals surface area contributed by atoms with Gasteiger partial charge in [0.15, 0.2) is 0 Å². The van der Waals surface area contributed by atoms with E-state index >= 15 is 0 Å². The van der Waals surface area contributed by atoms with Gasteiger partial charge in [0.25, 0.3) is 10.0 Å². The summed E-state index contributed by atoms with van der Waals surface area (Å²) in [5.41, 5.74) is 4.41. The van der Waals surface area contributed by atoms with Gasteiger partial charge in [-0.25, -0.2) is 8.42 Å². The number of hydrogen-bond donors (Lipinski definition) is 1. The summed E-state index contributed by atoms with van der Waals surface area (Å²) in [4.78, 5) is 14.5. The summed E-state index contributed by atoms with van der Waals surface area (Å²) in [6.07, 6.45) is 1.66. The number of rotatable bonds is 4. The highest BCUT2D eigenvalue weighted by atomic mass is 32.2. The molecular weight excluding hydrogens is 360 g/mol. The van der Waals surface area contributed by atoms with Gasteiger partial charge in [-0.3, -0.25) is 9.52 Å². The summed E-state index contributed by atoms with van der Waals surface area (Å²) in [6.45, 7) is 6.77. The minimum Gasteiger partial charge on any atom is -0.311 e. The quantitative estimate of drug-likeness (QED) is 0.866. The molecule has 142 valence electrons. The van der Waals surface area contributed by atoms with Gasteiger partial charge < -0.3 is 4.90 Å². The van der Waals surface area contributed by atoms with E-state index in [0.29, 0.717) is 11.6 Å². The molecule has 0 saturated heterocycles. The van der Waals surface area contributed by atoms with Crippen LogP contribution in [0.25, 0.3) is 0 Å². The highest BCUT2D eigenvalue weighted by Crippen LogP contribution is 2.44. The number of carbonyl (C=O) groups is 1. The average Bonchev–Trinajstić information content (AvgIpc) is 2.88. The zero-order chi connectivity index (χ0) is 19.3. The van der Waals surface area contributed by atoms with Gasteiger partial charge in [0.2, 0.25) is 5.91 Å². The van der Waals surface area contributed by atoms with Crippen LogP contribution >= 0.6 is 0 Å². The Bertz CT molecular complexity index is 1010. The summed E-state index contributed by atoms with van der Waals surface area (Å²) in [7, 11) is -3.71. The molecule has 1 atom stereocenters. The number of anilines is 2. The van der Waals surface area contributed by atoms with Crippen LogP contribution in [0.1, 0.15) is 55.7 Å². The number of hydrogen-bond acceptors (Lipinski definition) is 3. The number of benzene rings is 2. The molecule has 2 aromatic carbocycles. The highest BCUT2D eigenvalue weighted by molar-refractivity contribution is 7.92. The second kappa shape index (κ2) is 6.37. The molecule has 2 aliphatic rings. The first kappa shape index (κ1) is 18.0. The lowest BCUT2D eigenvalue weighted by molar-refractivity contribution is -0.119. The van der Waals surface area contributed by atoms with E-state index in [1.807, 2.05) is 24.0 Å². The van der Waals surface area contributed by atoms with Crippen molar-refractivity contribution in [3.63, 3.8) is 0 Å². The van der Waals surface area contributed by atoms with Crippen molar-refractivity contribution in [1.82, 2.24) is 0 Å². The summed E-state index contributed by atoms with van der Waals surface area (Å²) in [5.74, 6) is 0.164. The number of nitrogens with zero attached hydrogens (tertiary/aromatic N) is 1. The van der Waals surface area contributed by atoms with Gasteiger partial charge in [0.05, 0.1) is 16.5 Å². The summed E-state index contributed by atoms with van der Waals surface area (Å²) >= 11 is 0. The lowest BCUT2D eigenvalue weighted by atomic mass is 9.97. The lowest BCUT2D eigenvalue weighted by Gasteiger charge is -2.26. The third-order valence-electron chi connectivity index (χ3n) is 5.53. The summed E-state index contributed by atoms with van der Waals surface area (Å²) in [5, 5.41) is 0. The lowest BCUT2D eigenvalue weighted by Crippen LogP contribution is -2.32. The fourth-order valence-corrected chi connectivity index (χ4v) is 5.11. The zero-order valence-electron chi connectivity index (χ0n) is 15.8. The van der Waals surface area contributed by atoms with Crippen molar-refractivity contribution in [3.8, 4) is 0 Å². The number of aryl methyl sites for hydroxylation is 1. The second-order valence-corrected chi connectivity index (χ2v) is 9.40. The fourth-order valence-electron chi connectivity index (χ4n) is 3.97. The van der Waals surface area contributed by atoms with Crippen LogP contribution in [-0.2, 0) is 21.2 Å². The molecule has 1 N–H and O–H groups in total. The van der Waals surface area contributed by atoms with Crippen LogP contribution in [0.2, 0.25) is 0 Å². The van der Waals surface area contributed by atoms with E-state index < -0.39 is 10.0 Å². The van der Waals surface area contributed by atoms with E-state index in [4.69, 9.17) is 0 Å². The van der Waals surface area contributed by atoms with Crippen LogP contribution < -0.4 is 9.62 Å². The average molecular weight is 385 g/mol. The maximum Gasteiger partial charge on any atom is 0.261 e. The van der Waals surface area contributed by atoms with Crippen LogP contribution in [0.3, 0.4) is 0 Å². The molecule has 2 aliphatic heterocycles. The third kappa shape index (κ3) is 3.02. The fraction of sp³-hybridized carbons (Fsp3) is 0.381. The molecule has 1 unspecified atom stereocenters. The van der Waals surface area contributed by atoms with E-state index in [-0.39, 0.29) is 16.7 Å². The normalized spacial score (nSPS) is 18.7. The molecule has 1 amide bonds. The molecule has 0 saturated carbocycles. The maximum atomic E-state index is 13.0. The van der Waals surface area contributed by atoms with Crippen molar-refractivity contribution in [2.45, 2.75) is 50.3 Å². The van der Waals surface area contributed by atoms with Gasteiger partial charge in [-0.1, -0.05) is 26.0 Å². The first-order valence-corrected chi connectivity index (χ1v) is 10.9. The molecule has 2 aromatic rings. The van der Waals surface area contributed by atoms with Crippen molar-refractivity contribution in [3.05, 3.63) is 53.1 Å². The Balaban J connectivity index is 1.70. The van der Waals surface area contributed by atoms with E-state index in [2.05, 4.69) is 18.6 Å². The molecule has 27 heavy (non-hydrogen) atoms. The van der Waals surface area contributed by atoms with Crippen LogP contribution in [0.5, 0.6) is 0 Å². The molecule has 0 bridgehead atoms. The molecule has 2 heterocycles. The SMILES string of the molecule is CC(C)c1ccc(NS(=O)(=O)c2cc3c4c(c2)C(C)C(=O)N4CCC3)cc1. The molecule has 4 rings (SSSR count). The van der Waals surface area contributed by atoms with Crippen molar-refractivity contribution in [1.29, 1.82) is 0 Å². The largest absolute Gasteiger partial charge is 0.311 e. The number of sulfonamides is 1. The molecule has 6 heteroatoms.